The van der Waals surface area contributed by atoms with Crippen molar-refractivity contribution < 1.29 is 9.59 Å². The highest BCUT2D eigenvalue weighted by molar-refractivity contribution is 9.10. The van der Waals surface area contributed by atoms with E-state index in [-0.39, 0.29) is 15.7 Å². The van der Waals surface area contributed by atoms with E-state index in [1.807, 2.05) is 6.08 Å². The van der Waals surface area contributed by atoms with Crippen LogP contribution in [0.5, 0.6) is 0 Å². The maximum atomic E-state index is 12.6. The summed E-state index contributed by atoms with van der Waals surface area (Å²) in [6.07, 6.45) is 9.15. The molecule has 0 aromatic rings. The lowest BCUT2D eigenvalue weighted by Crippen LogP contribution is -2.50. The Morgan fingerprint density at radius 2 is 1.82 bits per heavy atom. The number of hydrogen-bond acceptors (Lipinski definition) is 2. The summed E-state index contributed by atoms with van der Waals surface area (Å²) in [6, 6.07) is 0. The van der Waals surface area contributed by atoms with Crippen LogP contribution in [0.2, 0.25) is 0 Å². The van der Waals surface area contributed by atoms with Crippen LogP contribution >= 0.6 is 15.9 Å². The van der Waals surface area contributed by atoms with Crippen molar-refractivity contribution in [3.05, 3.63) is 11.6 Å². The second-order valence-electron chi connectivity index (χ2n) is 8.49. The van der Waals surface area contributed by atoms with Crippen LogP contribution in [0.25, 0.3) is 0 Å². The molecule has 3 saturated carbocycles. The van der Waals surface area contributed by atoms with Gasteiger partial charge in [-0.3, -0.25) is 9.59 Å². The average Bonchev–Trinajstić information content (AvgIpc) is 2.72. The maximum absolute atomic E-state index is 12.6. The van der Waals surface area contributed by atoms with E-state index in [2.05, 4.69) is 29.8 Å². The van der Waals surface area contributed by atoms with E-state index < -0.39 is 0 Å². The zero-order valence-electron chi connectivity index (χ0n) is 13.5. The van der Waals surface area contributed by atoms with E-state index in [0.717, 1.165) is 32.1 Å². The molecule has 120 valence electrons. The summed E-state index contributed by atoms with van der Waals surface area (Å²) >= 11 is 3.63. The number of allylic oxidation sites excluding steroid dienone is 1. The third-order valence-corrected chi connectivity index (χ3v) is 8.45. The first-order chi connectivity index (χ1) is 10.4. The van der Waals surface area contributed by atoms with Crippen LogP contribution < -0.4 is 0 Å². The van der Waals surface area contributed by atoms with Crippen molar-refractivity contribution in [3.8, 4) is 0 Å². The molecule has 22 heavy (non-hydrogen) atoms. The van der Waals surface area contributed by atoms with Gasteiger partial charge in [-0.1, -0.05) is 35.4 Å². The van der Waals surface area contributed by atoms with Gasteiger partial charge >= 0.3 is 0 Å². The predicted octanol–water partition coefficient (Wildman–Crippen LogP) is 4.46. The molecule has 4 rings (SSSR count). The van der Waals surface area contributed by atoms with E-state index in [1.54, 1.807) is 0 Å². The van der Waals surface area contributed by atoms with Crippen molar-refractivity contribution in [1.82, 2.24) is 0 Å². The highest BCUT2D eigenvalue weighted by Crippen LogP contribution is 2.64. The first-order valence-electron chi connectivity index (χ1n) is 8.78. The lowest BCUT2D eigenvalue weighted by molar-refractivity contribution is -0.132. The van der Waals surface area contributed by atoms with Crippen molar-refractivity contribution in [3.63, 3.8) is 0 Å². The van der Waals surface area contributed by atoms with Crippen LogP contribution in [0, 0.1) is 28.6 Å². The van der Waals surface area contributed by atoms with Gasteiger partial charge in [0.05, 0.1) is 4.83 Å². The topological polar surface area (TPSA) is 34.1 Å². The number of carbonyl (C=O) groups is 2. The van der Waals surface area contributed by atoms with Crippen molar-refractivity contribution in [2.24, 2.45) is 28.6 Å². The summed E-state index contributed by atoms with van der Waals surface area (Å²) in [5, 5.41) is 0. The van der Waals surface area contributed by atoms with Crippen LogP contribution in [0.3, 0.4) is 0 Å². The fraction of sp³-hybridized carbons (Fsp3) is 0.789. The van der Waals surface area contributed by atoms with Crippen molar-refractivity contribution >= 4 is 27.5 Å². The molecule has 2 nitrogen and oxygen atoms in total. The van der Waals surface area contributed by atoms with Crippen LogP contribution in [0.4, 0.5) is 0 Å². The zero-order valence-corrected chi connectivity index (χ0v) is 15.1. The minimum Gasteiger partial charge on any atom is -0.298 e. The van der Waals surface area contributed by atoms with Gasteiger partial charge < -0.3 is 0 Å². The van der Waals surface area contributed by atoms with E-state index in [0.29, 0.717) is 35.7 Å². The fourth-order valence-corrected chi connectivity index (χ4v) is 7.23. The van der Waals surface area contributed by atoms with E-state index in [4.69, 9.17) is 0 Å². The third kappa shape index (κ3) is 1.84. The third-order valence-electron chi connectivity index (χ3n) is 7.66. The Hall–Kier alpha value is -0.440. The molecule has 0 bridgehead atoms. The monoisotopic (exact) mass is 364 g/mol. The van der Waals surface area contributed by atoms with Gasteiger partial charge in [0.1, 0.15) is 0 Å². The highest BCUT2D eigenvalue weighted by Gasteiger charge is 2.60. The van der Waals surface area contributed by atoms with Gasteiger partial charge in [-0.25, -0.2) is 0 Å². The Balaban J connectivity index is 1.70. The molecule has 0 radical (unpaired) electrons. The van der Waals surface area contributed by atoms with Crippen LogP contribution in [0.15, 0.2) is 11.6 Å². The Morgan fingerprint density at radius 1 is 1.05 bits per heavy atom. The normalized spacial score (nSPS) is 51.0. The molecule has 3 heteroatoms. The number of halogens is 1. The van der Waals surface area contributed by atoms with E-state index in [9.17, 15) is 9.59 Å². The average molecular weight is 365 g/mol. The van der Waals surface area contributed by atoms with Gasteiger partial charge in [0.2, 0.25) is 0 Å². The quantitative estimate of drug-likeness (QED) is 0.594. The molecule has 0 aliphatic heterocycles. The number of ketones is 2. The van der Waals surface area contributed by atoms with E-state index >= 15 is 0 Å². The summed E-state index contributed by atoms with van der Waals surface area (Å²) in [5.74, 6) is 2.65. The van der Waals surface area contributed by atoms with Crippen LogP contribution in [-0.4, -0.2) is 16.4 Å². The lowest BCUT2D eigenvalue weighted by Gasteiger charge is -2.56. The molecule has 4 aliphatic rings. The number of fused-ring (bicyclic) bond motifs is 5. The number of alkyl halides is 1. The van der Waals surface area contributed by atoms with Gasteiger partial charge in [0, 0.05) is 11.8 Å². The Morgan fingerprint density at radius 3 is 2.59 bits per heavy atom. The van der Waals surface area contributed by atoms with Gasteiger partial charge in [0.25, 0.3) is 0 Å². The number of hydrogen-bond donors (Lipinski definition) is 0. The Labute approximate surface area is 141 Å². The summed E-state index contributed by atoms with van der Waals surface area (Å²) in [6.45, 7) is 4.61. The van der Waals surface area contributed by atoms with Gasteiger partial charge in [-0.15, -0.1) is 0 Å². The highest BCUT2D eigenvalue weighted by atomic mass is 79.9. The van der Waals surface area contributed by atoms with E-state index in [1.165, 1.54) is 12.0 Å². The summed E-state index contributed by atoms with van der Waals surface area (Å²) in [5.41, 5.74) is 1.52. The van der Waals surface area contributed by atoms with Crippen molar-refractivity contribution in [1.29, 1.82) is 0 Å². The van der Waals surface area contributed by atoms with Gasteiger partial charge in [-0.05, 0) is 67.8 Å². The van der Waals surface area contributed by atoms with Crippen molar-refractivity contribution in [2.45, 2.75) is 63.6 Å². The summed E-state index contributed by atoms with van der Waals surface area (Å²) < 4.78 is 0. The maximum Gasteiger partial charge on any atom is 0.155 e. The second-order valence-corrected chi connectivity index (χ2v) is 9.60. The number of rotatable bonds is 0. The molecule has 3 fully saturated rings. The molecule has 0 heterocycles. The molecule has 0 N–H and O–H groups in total. The SMILES string of the molecule is C[C@]12CCC(=O)C=C1CC[C@@H]1[C@@H]2CC[C@]2(C)C(=O)C(Br)C[C@@H]12. The smallest absolute Gasteiger partial charge is 0.155 e. The minimum atomic E-state index is -0.0998. The first kappa shape index (κ1) is 15.1. The molecular weight excluding hydrogens is 340 g/mol. The molecule has 1 unspecified atom stereocenters. The number of Topliss-reactive ketones (excluding diaryl/α,β-unsaturated/α-hetero) is 1. The molecule has 4 aliphatic carbocycles. The summed E-state index contributed by atoms with van der Waals surface area (Å²) in [7, 11) is 0. The second kappa shape index (κ2) is 4.78. The summed E-state index contributed by atoms with van der Waals surface area (Å²) in [4.78, 5) is 24.5. The molecule has 0 spiro atoms. The standard InChI is InChI=1S/C19H25BrO2/c1-18-7-5-12(21)9-11(18)3-4-13-14(18)6-8-19(2)15(13)10-16(20)17(19)22/h9,13-16H,3-8,10H2,1-2H3/t13-,14+,15+,16?,18+,19+/m1/s1. The Bertz CT molecular complexity index is 580. The lowest BCUT2D eigenvalue weighted by atomic mass is 9.47. The first-order valence-corrected chi connectivity index (χ1v) is 9.70. The zero-order chi connectivity index (χ0) is 15.7. The molecule has 6 atom stereocenters. The van der Waals surface area contributed by atoms with Gasteiger partial charge in [-0.2, -0.15) is 0 Å². The van der Waals surface area contributed by atoms with Crippen LogP contribution in [0.1, 0.15) is 58.8 Å². The fourth-order valence-electron chi connectivity index (χ4n) is 6.31. The molecule has 0 aromatic heterocycles. The largest absolute Gasteiger partial charge is 0.298 e. The van der Waals surface area contributed by atoms with Gasteiger partial charge in [0.15, 0.2) is 11.6 Å². The van der Waals surface area contributed by atoms with Crippen molar-refractivity contribution in [2.75, 3.05) is 0 Å². The van der Waals surface area contributed by atoms with Crippen LogP contribution in [-0.2, 0) is 9.59 Å². The molecular formula is C19H25BrO2. The Kier molecular flexibility index (Phi) is 3.28. The number of carbonyl (C=O) groups excluding carboxylic acids is 2. The minimum absolute atomic E-state index is 0.0685. The molecule has 0 aromatic carbocycles. The predicted molar refractivity (Wildman–Crippen MR) is 89.8 cm³/mol. The molecule has 0 amide bonds. The molecule has 0 saturated heterocycles.